The summed E-state index contributed by atoms with van der Waals surface area (Å²) in [5.41, 5.74) is 0. The molecule has 0 aliphatic heterocycles. The Morgan fingerprint density at radius 2 is 1.43 bits per heavy atom. The van der Waals surface area contributed by atoms with Crippen LogP contribution >= 0.6 is 16.6 Å². The number of rotatable bonds is 4. The Morgan fingerprint density at radius 3 is 1.86 bits per heavy atom. The standard InChI is InChI=1S/C17H19OPS2/c18-16-12-7-13-17(16)21-19(20,14-8-3-1-4-9-14)15-10-5-2-6-11-15/h1-6,8-11,16-18H,7,12-13H2/t16-,17-/m0/s1. The third-order valence-electron chi connectivity index (χ3n) is 3.89. The molecule has 2 atom stereocenters. The van der Waals surface area contributed by atoms with Crippen molar-refractivity contribution in [3.8, 4) is 0 Å². The molecule has 4 heteroatoms. The van der Waals surface area contributed by atoms with Crippen molar-refractivity contribution >= 4 is 39.0 Å². The first kappa shape index (κ1) is 15.3. The molecule has 1 aliphatic carbocycles. The van der Waals surface area contributed by atoms with Gasteiger partial charge in [-0.05, 0) is 29.9 Å². The Bertz CT molecular complexity index is 586. The third kappa shape index (κ3) is 3.27. The van der Waals surface area contributed by atoms with E-state index in [0.717, 1.165) is 19.3 Å². The van der Waals surface area contributed by atoms with Crippen molar-refractivity contribution < 1.29 is 5.11 Å². The predicted octanol–water partition coefficient (Wildman–Crippen LogP) is 3.68. The summed E-state index contributed by atoms with van der Waals surface area (Å²) >= 11 is 8.03. The van der Waals surface area contributed by atoms with Gasteiger partial charge < -0.3 is 5.11 Å². The van der Waals surface area contributed by atoms with E-state index in [1.807, 2.05) is 23.5 Å². The van der Waals surface area contributed by atoms with Crippen molar-refractivity contribution in [2.75, 3.05) is 0 Å². The van der Waals surface area contributed by atoms with E-state index >= 15 is 0 Å². The van der Waals surface area contributed by atoms with E-state index in [1.54, 1.807) is 0 Å². The molecule has 0 saturated heterocycles. The summed E-state index contributed by atoms with van der Waals surface area (Å²) in [6.07, 6.45) is 2.89. The first-order valence-corrected chi connectivity index (χ1v) is 11.6. The summed E-state index contributed by atoms with van der Waals surface area (Å²) < 4.78 is 0. The van der Waals surface area contributed by atoms with E-state index in [0.29, 0.717) is 0 Å². The van der Waals surface area contributed by atoms with Gasteiger partial charge >= 0.3 is 0 Å². The summed E-state index contributed by atoms with van der Waals surface area (Å²) in [6.45, 7) is 0. The van der Waals surface area contributed by atoms with Gasteiger partial charge in [-0.15, -0.1) is 11.4 Å². The molecule has 1 fully saturated rings. The van der Waals surface area contributed by atoms with Gasteiger partial charge in [0.15, 0.2) is 0 Å². The molecule has 1 N–H and O–H groups in total. The Labute approximate surface area is 135 Å². The minimum absolute atomic E-state index is 0.204. The topological polar surface area (TPSA) is 20.2 Å². The molecule has 3 rings (SSSR count). The van der Waals surface area contributed by atoms with E-state index in [4.69, 9.17) is 11.8 Å². The fourth-order valence-corrected chi connectivity index (χ4v) is 10.4. The van der Waals surface area contributed by atoms with Gasteiger partial charge in [0.1, 0.15) is 0 Å². The van der Waals surface area contributed by atoms with Crippen molar-refractivity contribution in [2.45, 2.75) is 30.6 Å². The number of aliphatic hydroxyl groups is 1. The maximum Gasteiger partial charge on any atom is 0.0662 e. The third-order valence-corrected chi connectivity index (χ3v) is 12.0. The van der Waals surface area contributed by atoms with Crippen molar-refractivity contribution in [1.82, 2.24) is 0 Å². The van der Waals surface area contributed by atoms with Crippen molar-refractivity contribution in [3.05, 3.63) is 60.7 Å². The molecule has 0 spiro atoms. The van der Waals surface area contributed by atoms with Gasteiger partial charge in [0.2, 0.25) is 0 Å². The number of aliphatic hydroxyl groups excluding tert-OH is 1. The van der Waals surface area contributed by atoms with Gasteiger partial charge in [0.05, 0.1) is 11.3 Å². The monoisotopic (exact) mass is 334 g/mol. The van der Waals surface area contributed by atoms with Crippen molar-refractivity contribution in [3.63, 3.8) is 0 Å². The minimum atomic E-state index is -1.92. The van der Waals surface area contributed by atoms with Gasteiger partial charge in [0.25, 0.3) is 0 Å². The van der Waals surface area contributed by atoms with Crippen LogP contribution in [-0.4, -0.2) is 16.5 Å². The lowest BCUT2D eigenvalue weighted by Gasteiger charge is -2.27. The highest BCUT2D eigenvalue weighted by Gasteiger charge is 2.33. The molecule has 2 aromatic rings. The fraction of sp³-hybridized carbons (Fsp3) is 0.294. The van der Waals surface area contributed by atoms with Crippen molar-refractivity contribution in [2.24, 2.45) is 0 Å². The smallest absolute Gasteiger partial charge is 0.0662 e. The van der Waals surface area contributed by atoms with Gasteiger partial charge in [-0.2, -0.15) is 0 Å². The maximum atomic E-state index is 10.2. The predicted molar refractivity (Wildman–Crippen MR) is 97.7 cm³/mol. The molecule has 2 aromatic carbocycles. The van der Waals surface area contributed by atoms with E-state index in [-0.39, 0.29) is 11.4 Å². The molecule has 0 radical (unpaired) electrons. The molecule has 0 unspecified atom stereocenters. The van der Waals surface area contributed by atoms with E-state index in [1.165, 1.54) is 10.6 Å². The zero-order valence-electron chi connectivity index (χ0n) is 11.8. The van der Waals surface area contributed by atoms with Crippen LogP contribution in [0.5, 0.6) is 0 Å². The van der Waals surface area contributed by atoms with Crippen LogP contribution in [0.3, 0.4) is 0 Å². The van der Waals surface area contributed by atoms with Crippen LogP contribution in [-0.2, 0) is 11.8 Å². The van der Waals surface area contributed by atoms with E-state index in [2.05, 4.69) is 48.5 Å². The van der Waals surface area contributed by atoms with Crippen LogP contribution in [0.2, 0.25) is 0 Å². The maximum absolute atomic E-state index is 10.2. The molecule has 0 bridgehead atoms. The highest BCUT2D eigenvalue weighted by molar-refractivity contribution is 8.75. The highest BCUT2D eigenvalue weighted by Crippen LogP contribution is 2.60. The molecule has 1 saturated carbocycles. The second-order valence-electron chi connectivity index (χ2n) is 5.36. The molecule has 0 heterocycles. The fourth-order valence-electron chi connectivity index (χ4n) is 2.74. The quantitative estimate of drug-likeness (QED) is 0.862. The molecule has 0 amide bonds. The van der Waals surface area contributed by atoms with Crippen LogP contribution in [0.4, 0.5) is 0 Å². The average molecular weight is 334 g/mol. The van der Waals surface area contributed by atoms with Crippen LogP contribution in [0, 0.1) is 0 Å². The number of hydrogen-bond acceptors (Lipinski definition) is 3. The van der Waals surface area contributed by atoms with Gasteiger partial charge in [-0.1, -0.05) is 72.5 Å². The summed E-state index contributed by atoms with van der Waals surface area (Å²) in [7, 11) is 0. The van der Waals surface area contributed by atoms with E-state index < -0.39 is 5.24 Å². The van der Waals surface area contributed by atoms with Crippen LogP contribution < -0.4 is 10.6 Å². The Balaban J connectivity index is 2.01. The summed E-state index contributed by atoms with van der Waals surface area (Å²) in [5, 5.41) is 11.0. The van der Waals surface area contributed by atoms with E-state index in [9.17, 15) is 5.11 Å². The molecule has 1 aliphatic rings. The summed E-state index contributed by atoms with van der Waals surface area (Å²) in [6, 6.07) is 20.9. The normalized spacial score (nSPS) is 22.3. The minimum Gasteiger partial charge on any atom is -0.392 e. The van der Waals surface area contributed by atoms with Gasteiger partial charge in [0, 0.05) is 5.25 Å². The number of hydrogen-bond donors (Lipinski definition) is 1. The molecular formula is C17H19OPS2. The highest BCUT2D eigenvalue weighted by atomic mass is 32.9. The second-order valence-corrected chi connectivity index (χ2v) is 12.9. The van der Waals surface area contributed by atoms with Crippen LogP contribution in [0.25, 0.3) is 0 Å². The molecule has 21 heavy (non-hydrogen) atoms. The summed E-state index contributed by atoms with van der Waals surface area (Å²) in [4.78, 5) is 0. The Hall–Kier alpha value is -0.600. The molecule has 110 valence electrons. The lowest BCUT2D eigenvalue weighted by Crippen LogP contribution is -2.20. The lowest BCUT2D eigenvalue weighted by atomic mass is 10.3. The largest absolute Gasteiger partial charge is 0.392 e. The SMILES string of the molecule is O[C@H]1CCC[C@@H]1SP(=S)(c1ccccc1)c1ccccc1. The zero-order valence-corrected chi connectivity index (χ0v) is 14.3. The Morgan fingerprint density at radius 1 is 0.905 bits per heavy atom. The lowest BCUT2D eigenvalue weighted by molar-refractivity contribution is 0.188. The molecule has 1 nitrogen and oxygen atoms in total. The first-order chi connectivity index (χ1) is 10.2. The van der Waals surface area contributed by atoms with Crippen LogP contribution in [0.15, 0.2) is 60.7 Å². The number of benzene rings is 2. The van der Waals surface area contributed by atoms with Crippen molar-refractivity contribution in [1.29, 1.82) is 0 Å². The first-order valence-electron chi connectivity index (χ1n) is 7.28. The molecule has 0 aromatic heterocycles. The van der Waals surface area contributed by atoms with Gasteiger partial charge in [-0.25, -0.2) is 0 Å². The molecular weight excluding hydrogens is 315 g/mol. The average Bonchev–Trinajstić information content (AvgIpc) is 2.94. The Kier molecular flexibility index (Phi) is 4.85. The van der Waals surface area contributed by atoms with Gasteiger partial charge in [-0.3, -0.25) is 0 Å². The van der Waals surface area contributed by atoms with Crippen LogP contribution in [0.1, 0.15) is 19.3 Å². The summed E-state index contributed by atoms with van der Waals surface area (Å²) in [5.74, 6) is 0. The zero-order chi connectivity index (χ0) is 14.7. The second kappa shape index (κ2) is 6.66.